The third kappa shape index (κ3) is 8.49. The first-order chi connectivity index (χ1) is 18.0. The van der Waals surface area contributed by atoms with E-state index in [9.17, 15) is 0 Å². The minimum absolute atomic E-state index is 0.319. The molecule has 0 aromatic carbocycles. The van der Waals surface area contributed by atoms with Gasteiger partial charge in [0.1, 0.15) is 0 Å². The lowest BCUT2D eigenvalue weighted by Crippen LogP contribution is -2.55. The predicted octanol–water partition coefficient (Wildman–Crippen LogP) is 10.6. The summed E-state index contributed by atoms with van der Waals surface area (Å²) < 4.78 is 0. The number of nitrogens with two attached hydrogens (primary N) is 2. The topological polar surface area (TPSA) is 52.0 Å². The van der Waals surface area contributed by atoms with Crippen LogP contribution in [-0.4, -0.2) is 12.1 Å². The van der Waals surface area contributed by atoms with Crippen LogP contribution in [0.15, 0.2) is 0 Å². The van der Waals surface area contributed by atoms with E-state index in [1.165, 1.54) is 83.5 Å². The molecule has 2 fully saturated rings. The van der Waals surface area contributed by atoms with E-state index in [1.807, 2.05) is 0 Å². The lowest BCUT2D eigenvalue weighted by molar-refractivity contribution is -0.0244. The van der Waals surface area contributed by atoms with Crippen LogP contribution in [0, 0.1) is 57.2 Å². The van der Waals surface area contributed by atoms with E-state index in [2.05, 4.69) is 83.1 Å². The Bertz CT molecular complexity index is 603. The van der Waals surface area contributed by atoms with Crippen molar-refractivity contribution < 1.29 is 0 Å². The van der Waals surface area contributed by atoms with Gasteiger partial charge in [0.15, 0.2) is 0 Å². The van der Waals surface area contributed by atoms with Crippen LogP contribution < -0.4 is 11.5 Å². The molecule has 4 atom stereocenters. The third-order valence-electron chi connectivity index (χ3n) is 12.5. The molecule has 2 rings (SSSR count). The van der Waals surface area contributed by atoms with E-state index >= 15 is 0 Å². The molecule has 0 spiro atoms. The highest BCUT2D eigenvalue weighted by molar-refractivity contribution is 5.03. The summed E-state index contributed by atoms with van der Waals surface area (Å²) >= 11 is 0. The molecule has 0 heterocycles. The summed E-state index contributed by atoms with van der Waals surface area (Å²) in [6.07, 6.45) is 16.9. The monoisotopic (exact) mass is 547 g/mol. The molecule has 2 heteroatoms. The lowest BCUT2D eigenvalue weighted by atomic mass is 9.52. The molecule has 4 unspecified atom stereocenters. The molecule has 0 radical (unpaired) electrons. The number of hydrogen-bond acceptors (Lipinski definition) is 2. The summed E-state index contributed by atoms with van der Waals surface area (Å²) in [5.41, 5.74) is 15.8. The van der Waals surface area contributed by atoms with Gasteiger partial charge in [-0.2, -0.15) is 0 Å². The lowest BCUT2D eigenvalue weighted by Gasteiger charge is -2.54. The van der Waals surface area contributed by atoms with Gasteiger partial charge < -0.3 is 11.5 Å². The van der Waals surface area contributed by atoms with Crippen LogP contribution in [0.5, 0.6) is 0 Å². The average molecular weight is 547 g/mol. The third-order valence-corrected chi connectivity index (χ3v) is 12.5. The maximum Gasteiger partial charge on any atom is 0.0106 e. The van der Waals surface area contributed by atoms with Crippen molar-refractivity contribution in [1.29, 1.82) is 0 Å². The van der Waals surface area contributed by atoms with Crippen molar-refractivity contribution in [2.24, 2.45) is 68.6 Å². The van der Waals surface area contributed by atoms with Crippen LogP contribution in [0.1, 0.15) is 167 Å². The van der Waals surface area contributed by atoms with Gasteiger partial charge in [-0.25, -0.2) is 0 Å². The number of rotatable bonds is 14. The molecule has 0 amide bonds. The van der Waals surface area contributed by atoms with E-state index in [4.69, 9.17) is 11.5 Å². The van der Waals surface area contributed by atoms with E-state index in [-0.39, 0.29) is 0 Å². The summed E-state index contributed by atoms with van der Waals surface area (Å²) in [5.74, 6) is 4.11. The van der Waals surface area contributed by atoms with Crippen LogP contribution in [0.25, 0.3) is 0 Å². The zero-order chi connectivity index (χ0) is 29.8. The first kappa shape index (κ1) is 35.1. The molecule has 2 aliphatic rings. The Morgan fingerprint density at radius 3 is 0.821 bits per heavy atom. The standard InChI is InChI=1S/C37H74N2/c1-13-17-34(5,6)28-22-26(23-29(32(28)38)35(7,8)18-14-2)21-27-24-30(36(9,10)19-15-3)33(39)31(25-27)37(11,12)20-16-4/h26-33H,13-25,38-39H2,1-12H3. The fraction of sp³-hybridized carbons (Fsp3) is 1.00. The Kier molecular flexibility index (Phi) is 12.5. The maximum absolute atomic E-state index is 7.28. The molecule has 2 nitrogen and oxygen atoms in total. The minimum Gasteiger partial charge on any atom is -0.327 e. The summed E-state index contributed by atoms with van der Waals surface area (Å²) in [5, 5.41) is 0. The minimum atomic E-state index is 0.319. The van der Waals surface area contributed by atoms with Crippen LogP contribution in [0.2, 0.25) is 0 Å². The molecule has 4 N–H and O–H groups in total. The van der Waals surface area contributed by atoms with Crippen molar-refractivity contribution in [3.63, 3.8) is 0 Å². The second-order valence-corrected chi connectivity index (χ2v) is 17.4. The summed E-state index contributed by atoms with van der Waals surface area (Å²) in [6.45, 7) is 29.6. The Balaban J connectivity index is 2.41. The summed E-state index contributed by atoms with van der Waals surface area (Å²) in [6, 6.07) is 0.660. The van der Waals surface area contributed by atoms with Crippen molar-refractivity contribution in [1.82, 2.24) is 0 Å². The molecule has 0 saturated heterocycles. The van der Waals surface area contributed by atoms with Crippen LogP contribution >= 0.6 is 0 Å². The van der Waals surface area contributed by atoms with E-state index in [1.54, 1.807) is 0 Å². The van der Waals surface area contributed by atoms with Gasteiger partial charge in [-0.05, 0) is 115 Å². The predicted molar refractivity (Wildman–Crippen MR) is 175 cm³/mol. The molecular formula is C37H74N2. The first-order valence-corrected chi connectivity index (χ1v) is 17.5. The maximum atomic E-state index is 7.28. The fourth-order valence-electron chi connectivity index (χ4n) is 10.4. The summed E-state index contributed by atoms with van der Waals surface area (Å²) in [4.78, 5) is 0. The molecule has 0 bridgehead atoms. The molecule has 0 aliphatic heterocycles. The van der Waals surface area contributed by atoms with Crippen molar-refractivity contribution in [3.05, 3.63) is 0 Å². The highest BCUT2D eigenvalue weighted by Crippen LogP contribution is 2.55. The second-order valence-electron chi connectivity index (χ2n) is 17.4. The Morgan fingerprint density at radius 1 is 0.436 bits per heavy atom. The van der Waals surface area contributed by atoms with Gasteiger partial charge in [-0.1, -0.05) is 109 Å². The zero-order valence-electron chi connectivity index (χ0n) is 29.0. The fourth-order valence-corrected chi connectivity index (χ4v) is 10.4. The Hall–Kier alpha value is -0.0800. The van der Waals surface area contributed by atoms with Crippen LogP contribution in [0.3, 0.4) is 0 Å². The van der Waals surface area contributed by atoms with Crippen molar-refractivity contribution in [2.75, 3.05) is 0 Å². The van der Waals surface area contributed by atoms with Gasteiger partial charge in [-0.3, -0.25) is 0 Å². The van der Waals surface area contributed by atoms with Gasteiger partial charge in [0, 0.05) is 12.1 Å². The highest BCUT2D eigenvalue weighted by atomic mass is 14.8. The molecule has 232 valence electrons. The van der Waals surface area contributed by atoms with Crippen molar-refractivity contribution in [2.45, 2.75) is 179 Å². The molecule has 39 heavy (non-hydrogen) atoms. The van der Waals surface area contributed by atoms with Crippen LogP contribution in [-0.2, 0) is 0 Å². The van der Waals surface area contributed by atoms with Gasteiger partial charge in [0.05, 0.1) is 0 Å². The van der Waals surface area contributed by atoms with Crippen molar-refractivity contribution in [3.8, 4) is 0 Å². The van der Waals surface area contributed by atoms with Gasteiger partial charge in [0.2, 0.25) is 0 Å². The Labute approximate surface area is 247 Å². The van der Waals surface area contributed by atoms with Gasteiger partial charge >= 0.3 is 0 Å². The van der Waals surface area contributed by atoms with E-state index < -0.39 is 0 Å². The largest absolute Gasteiger partial charge is 0.327 e. The smallest absolute Gasteiger partial charge is 0.0106 e. The van der Waals surface area contributed by atoms with Gasteiger partial charge in [0.25, 0.3) is 0 Å². The molecule has 0 aromatic heterocycles. The van der Waals surface area contributed by atoms with Crippen molar-refractivity contribution >= 4 is 0 Å². The second kappa shape index (κ2) is 13.9. The first-order valence-electron chi connectivity index (χ1n) is 17.5. The molecule has 0 aromatic rings. The molecule has 2 saturated carbocycles. The molecule has 2 aliphatic carbocycles. The average Bonchev–Trinajstić information content (AvgIpc) is 2.80. The van der Waals surface area contributed by atoms with Crippen LogP contribution in [0.4, 0.5) is 0 Å². The number of hydrogen-bond donors (Lipinski definition) is 2. The van der Waals surface area contributed by atoms with E-state index in [0.29, 0.717) is 57.4 Å². The normalized spacial score (nSPS) is 33.4. The SMILES string of the molecule is CCCC(C)(C)C1CC(CC2CC(C(C)(C)CCC)C(N)C(C(C)(C)CCC)C2)CC(C(C)(C)CCC)C1N. The Morgan fingerprint density at radius 2 is 0.641 bits per heavy atom. The highest BCUT2D eigenvalue weighted by Gasteiger charge is 2.50. The van der Waals surface area contributed by atoms with E-state index in [0.717, 1.165) is 11.8 Å². The zero-order valence-corrected chi connectivity index (χ0v) is 29.0. The molecular weight excluding hydrogens is 472 g/mol. The quantitative estimate of drug-likeness (QED) is 0.228. The van der Waals surface area contributed by atoms with Gasteiger partial charge in [-0.15, -0.1) is 0 Å². The summed E-state index contributed by atoms with van der Waals surface area (Å²) in [7, 11) is 0.